The molecule has 0 N–H and O–H groups in total. The molecular formula is C6H7Br3N2O. The first-order valence-electron chi connectivity index (χ1n) is 3.23. The molecule has 6 heteroatoms. The van der Waals surface area contributed by atoms with E-state index in [-0.39, 0.29) is 0 Å². The number of methoxy groups -OCH3 is 1. The number of halogens is 3. The van der Waals surface area contributed by atoms with Crippen LogP contribution < -0.4 is 0 Å². The van der Waals surface area contributed by atoms with Crippen LogP contribution in [0.1, 0.15) is 0 Å². The van der Waals surface area contributed by atoms with Crippen molar-refractivity contribution in [3.63, 3.8) is 0 Å². The van der Waals surface area contributed by atoms with E-state index in [2.05, 4.69) is 52.9 Å². The molecule has 12 heavy (non-hydrogen) atoms. The Morgan fingerprint density at radius 3 is 2.50 bits per heavy atom. The maximum absolute atomic E-state index is 4.94. The monoisotopic (exact) mass is 360 g/mol. The maximum atomic E-state index is 4.94. The first-order valence-corrected chi connectivity index (χ1v) is 5.61. The zero-order chi connectivity index (χ0) is 9.14. The Hall–Kier alpha value is 0.610. The SMILES string of the molecule is COCCn1nc(Br)c(Br)c1Br. The Morgan fingerprint density at radius 1 is 1.42 bits per heavy atom. The molecule has 3 nitrogen and oxygen atoms in total. The molecule has 0 atom stereocenters. The average molecular weight is 363 g/mol. The molecule has 0 fully saturated rings. The summed E-state index contributed by atoms with van der Waals surface area (Å²) < 4.78 is 9.40. The molecule has 0 aromatic carbocycles. The van der Waals surface area contributed by atoms with Crippen molar-refractivity contribution in [3.8, 4) is 0 Å². The van der Waals surface area contributed by atoms with Crippen LogP contribution in [0.15, 0.2) is 13.7 Å². The Balaban J connectivity index is 2.79. The van der Waals surface area contributed by atoms with Gasteiger partial charge in [0.2, 0.25) is 0 Å². The highest BCUT2D eigenvalue weighted by atomic mass is 79.9. The fraction of sp³-hybridized carbons (Fsp3) is 0.500. The highest BCUT2D eigenvalue weighted by Crippen LogP contribution is 2.29. The molecule has 0 spiro atoms. The van der Waals surface area contributed by atoms with Crippen molar-refractivity contribution in [2.75, 3.05) is 13.7 Å². The fourth-order valence-corrected chi connectivity index (χ4v) is 2.09. The van der Waals surface area contributed by atoms with Gasteiger partial charge in [-0.25, -0.2) is 0 Å². The molecule has 0 saturated heterocycles. The summed E-state index contributed by atoms with van der Waals surface area (Å²) in [5.41, 5.74) is 0. The Kier molecular flexibility index (Phi) is 4.22. The summed E-state index contributed by atoms with van der Waals surface area (Å²) in [4.78, 5) is 0. The lowest BCUT2D eigenvalue weighted by atomic mass is 10.7. The molecule has 0 saturated carbocycles. The van der Waals surface area contributed by atoms with Gasteiger partial charge in [-0.3, -0.25) is 4.68 Å². The summed E-state index contributed by atoms with van der Waals surface area (Å²) in [5, 5.41) is 4.21. The van der Waals surface area contributed by atoms with Gasteiger partial charge in [0.15, 0.2) is 0 Å². The van der Waals surface area contributed by atoms with E-state index >= 15 is 0 Å². The van der Waals surface area contributed by atoms with Crippen molar-refractivity contribution < 1.29 is 4.74 Å². The third-order valence-corrected chi connectivity index (χ3v) is 4.48. The van der Waals surface area contributed by atoms with E-state index in [1.165, 1.54) is 0 Å². The van der Waals surface area contributed by atoms with Gasteiger partial charge >= 0.3 is 0 Å². The molecule has 0 aliphatic rings. The minimum atomic E-state index is 0.652. The minimum Gasteiger partial charge on any atom is -0.383 e. The van der Waals surface area contributed by atoms with Gasteiger partial charge in [-0.2, -0.15) is 5.10 Å². The highest BCUT2D eigenvalue weighted by Gasteiger charge is 2.10. The number of ether oxygens (including phenoxy) is 1. The summed E-state index contributed by atoms with van der Waals surface area (Å²) in [7, 11) is 1.67. The van der Waals surface area contributed by atoms with E-state index in [0.717, 1.165) is 20.2 Å². The van der Waals surface area contributed by atoms with E-state index in [4.69, 9.17) is 4.74 Å². The molecular weight excluding hydrogens is 356 g/mol. The molecule has 0 amide bonds. The van der Waals surface area contributed by atoms with Crippen molar-refractivity contribution in [2.24, 2.45) is 0 Å². The van der Waals surface area contributed by atoms with Crippen LogP contribution in [0.3, 0.4) is 0 Å². The number of nitrogens with zero attached hydrogens (tertiary/aromatic N) is 2. The van der Waals surface area contributed by atoms with Gasteiger partial charge in [0.1, 0.15) is 9.21 Å². The van der Waals surface area contributed by atoms with Gasteiger partial charge in [0.25, 0.3) is 0 Å². The summed E-state index contributed by atoms with van der Waals surface area (Å²) in [6, 6.07) is 0. The van der Waals surface area contributed by atoms with Gasteiger partial charge in [0.05, 0.1) is 17.6 Å². The van der Waals surface area contributed by atoms with Crippen LogP contribution in [0.5, 0.6) is 0 Å². The van der Waals surface area contributed by atoms with Crippen molar-refractivity contribution in [1.29, 1.82) is 0 Å². The minimum absolute atomic E-state index is 0.652. The molecule has 0 bridgehead atoms. The molecule has 0 aliphatic heterocycles. The second-order valence-corrected chi connectivity index (χ2v) is 4.41. The second-order valence-electron chi connectivity index (χ2n) is 2.11. The van der Waals surface area contributed by atoms with Crippen LogP contribution in [0.4, 0.5) is 0 Å². The largest absolute Gasteiger partial charge is 0.383 e. The third kappa shape index (κ3) is 2.31. The van der Waals surface area contributed by atoms with E-state index in [1.54, 1.807) is 7.11 Å². The Labute approximate surface area is 95.8 Å². The summed E-state index contributed by atoms with van der Waals surface area (Å²) >= 11 is 10.1. The third-order valence-electron chi connectivity index (χ3n) is 1.30. The smallest absolute Gasteiger partial charge is 0.143 e. The number of hydrogen-bond donors (Lipinski definition) is 0. The first-order chi connectivity index (χ1) is 5.66. The first kappa shape index (κ1) is 10.7. The van der Waals surface area contributed by atoms with Crippen LogP contribution in [-0.2, 0) is 11.3 Å². The lowest BCUT2D eigenvalue weighted by Crippen LogP contribution is -2.05. The zero-order valence-corrected chi connectivity index (χ0v) is 11.1. The lowest BCUT2D eigenvalue weighted by Gasteiger charge is -2.00. The van der Waals surface area contributed by atoms with Gasteiger partial charge in [-0.15, -0.1) is 0 Å². The highest BCUT2D eigenvalue weighted by molar-refractivity contribution is 9.14. The van der Waals surface area contributed by atoms with Gasteiger partial charge in [-0.05, 0) is 47.8 Å². The molecule has 0 radical (unpaired) electrons. The van der Waals surface area contributed by atoms with E-state index in [0.29, 0.717) is 6.61 Å². The van der Waals surface area contributed by atoms with Crippen LogP contribution >= 0.6 is 47.8 Å². The van der Waals surface area contributed by atoms with E-state index in [1.807, 2.05) is 4.68 Å². The topological polar surface area (TPSA) is 27.1 Å². The van der Waals surface area contributed by atoms with Gasteiger partial charge < -0.3 is 4.74 Å². The van der Waals surface area contributed by atoms with Crippen molar-refractivity contribution in [2.45, 2.75) is 6.54 Å². The number of rotatable bonds is 3. The maximum Gasteiger partial charge on any atom is 0.143 e. The van der Waals surface area contributed by atoms with Crippen LogP contribution in [0, 0.1) is 0 Å². The predicted octanol–water partition coefficient (Wildman–Crippen LogP) is 2.82. The Morgan fingerprint density at radius 2 is 2.08 bits per heavy atom. The molecule has 0 aliphatic carbocycles. The van der Waals surface area contributed by atoms with Crippen LogP contribution in [0.25, 0.3) is 0 Å². The second kappa shape index (κ2) is 4.74. The molecule has 1 rings (SSSR count). The van der Waals surface area contributed by atoms with Crippen LogP contribution in [0.2, 0.25) is 0 Å². The molecule has 68 valence electrons. The summed E-state index contributed by atoms with van der Waals surface area (Å²) in [6.45, 7) is 1.39. The van der Waals surface area contributed by atoms with Crippen molar-refractivity contribution in [1.82, 2.24) is 9.78 Å². The molecule has 1 heterocycles. The van der Waals surface area contributed by atoms with E-state index in [9.17, 15) is 0 Å². The van der Waals surface area contributed by atoms with Gasteiger partial charge in [-0.1, -0.05) is 0 Å². The normalized spacial score (nSPS) is 10.7. The zero-order valence-electron chi connectivity index (χ0n) is 6.35. The summed E-state index contributed by atoms with van der Waals surface area (Å²) in [6.07, 6.45) is 0. The predicted molar refractivity (Wildman–Crippen MR) is 57.2 cm³/mol. The molecule has 0 unspecified atom stereocenters. The Bertz CT molecular complexity index is 274. The molecule has 1 aromatic rings. The number of hydrogen-bond acceptors (Lipinski definition) is 2. The quantitative estimate of drug-likeness (QED) is 0.826. The van der Waals surface area contributed by atoms with Gasteiger partial charge in [0, 0.05) is 7.11 Å². The average Bonchev–Trinajstić information content (AvgIpc) is 2.30. The van der Waals surface area contributed by atoms with E-state index < -0.39 is 0 Å². The van der Waals surface area contributed by atoms with Crippen LogP contribution in [-0.4, -0.2) is 23.5 Å². The van der Waals surface area contributed by atoms with Crippen molar-refractivity contribution in [3.05, 3.63) is 13.7 Å². The number of aromatic nitrogens is 2. The standard InChI is InChI=1S/C6H7Br3N2O/c1-12-3-2-11-6(9)4(7)5(8)10-11/h2-3H2,1H3. The summed E-state index contributed by atoms with van der Waals surface area (Å²) in [5.74, 6) is 0. The van der Waals surface area contributed by atoms with Crippen molar-refractivity contribution >= 4 is 47.8 Å². The lowest BCUT2D eigenvalue weighted by molar-refractivity contribution is 0.182. The fourth-order valence-electron chi connectivity index (χ4n) is 0.718. The molecule has 1 aromatic heterocycles.